The smallest absolute Gasteiger partial charge is 0.207 e. The molecule has 1 atom stereocenters. The lowest BCUT2D eigenvalue weighted by Gasteiger charge is -2.26. The van der Waals surface area contributed by atoms with Crippen LogP contribution in [-0.4, -0.2) is 27.7 Å². The van der Waals surface area contributed by atoms with Crippen LogP contribution in [0, 0.1) is 0 Å². The zero-order valence-electron chi connectivity index (χ0n) is 17.6. The van der Waals surface area contributed by atoms with Gasteiger partial charge >= 0.3 is 0 Å². The fraction of sp³-hybridized carbons (Fsp3) is 0.478. The predicted molar refractivity (Wildman–Crippen MR) is 111 cm³/mol. The van der Waals surface area contributed by atoms with E-state index in [1.807, 2.05) is 65.8 Å². The third-order valence-corrected chi connectivity index (χ3v) is 6.73. The maximum Gasteiger partial charge on any atom is 0.207 e. The molecule has 4 nitrogen and oxygen atoms in total. The molecule has 0 N–H and O–H groups in total. The number of benzene rings is 2. The first-order valence-corrected chi connectivity index (χ1v) is 11.1. The summed E-state index contributed by atoms with van der Waals surface area (Å²) in [4.78, 5) is 0.668. The summed E-state index contributed by atoms with van der Waals surface area (Å²) >= 11 is 0. The van der Waals surface area contributed by atoms with Crippen molar-refractivity contribution in [1.29, 1.82) is 0 Å². The van der Waals surface area contributed by atoms with Gasteiger partial charge in [0.05, 0.1) is 16.4 Å². The second-order valence-corrected chi connectivity index (χ2v) is 11.3. The Kier molecular flexibility index (Phi) is 5.36. The minimum absolute atomic E-state index is 0.115. The number of epoxide rings is 1. The lowest BCUT2D eigenvalue weighted by Crippen LogP contribution is -2.21. The molecule has 1 aliphatic rings. The van der Waals surface area contributed by atoms with Crippen molar-refractivity contribution in [2.45, 2.75) is 68.3 Å². The lowest BCUT2D eigenvalue weighted by atomic mass is 9.87. The fourth-order valence-electron chi connectivity index (χ4n) is 3.23. The fourth-order valence-corrected chi connectivity index (χ4v) is 5.32. The first kappa shape index (κ1) is 20.9. The molecule has 1 heterocycles. The van der Waals surface area contributed by atoms with Gasteiger partial charge in [0, 0.05) is 0 Å². The van der Waals surface area contributed by atoms with Gasteiger partial charge in [-0.2, -0.15) is 0 Å². The van der Waals surface area contributed by atoms with Gasteiger partial charge in [-0.05, 0) is 40.2 Å². The van der Waals surface area contributed by atoms with Crippen molar-refractivity contribution < 1.29 is 17.9 Å². The third-order valence-electron chi connectivity index (χ3n) is 4.87. The number of sulfone groups is 1. The van der Waals surface area contributed by atoms with Crippen molar-refractivity contribution in [1.82, 2.24) is 0 Å². The Bertz CT molecular complexity index is 959. The molecule has 28 heavy (non-hydrogen) atoms. The Morgan fingerprint density at radius 2 is 1.50 bits per heavy atom. The van der Waals surface area contributed by atoms with Gasteiger partial charge in [-0.25, -0.2) is 8.42 Å². The largest absolute Gasteiger partial charge is 0.491 e. The molecule has 1 aliphatic heterocycles. The molecule has 0 bridgehead atoms. The summed E-state index contributed by atoms with van der Waals surface area (Å²) < 4.78 is 38.5. The van der Waals surface area contributed by atoms with E-state index < -0.39 is 9.84 Å². The molecule has 152 valence electrons. The molecule has 0 aliphatic carbocycles. The summed E-state index contributed by atoms with van der Waals surface area (Å²) in [6.07, 6.45) is 0.115. The Balaban J connectivity index is 2.15. The Labute approximate surface area is 168 Å². The van der Waals surface area contributed by atoms with Crippen LogP contribution < -0.4 is 4.74 Å². The van der Waals surface area contributed by atoms with Gasteiger partial charge in [-0.1, -0.05) is 65.8 Å². The minimum atomic E-state index is -3.72. The number of rotatable bonds is 5. The Morgan fingerprint density at radius 1 is 0.929 bits per heavy atom. The standard InChI is InChI=1S/C23H30O4S/c1-22(2,3)18-9-7-8-10-20(18)28(24,25)21-13-16(26-14-17-15-27-17)11-12-19(21)23(4,5)6/h7-13,17H,14-15H2,1-6H3. The maximum absolute atomic E-state index is 13.8. The van der Waals surface area contributed by atoms with E-state index in [1.165, 1.54) is 0 Å². The van der Waals surface area contributed by atoms with Crippen molar-refractivity contribution in [3.05, 3.63) is 53.6 Å². The Morgan fingerprint density at radius 3 is 2.07 bits per heavy atom. The van der Waals surface area contributed by atoms with Crippen LogP contribution in [0.15, 0.2) is 52.3 Å². The second kappa shape index (κ2) is 7.20. The van der Waals surface area contributed by atoms with Crippen LogP contribution in [-0.2, 0) is 25.4 Å². The summed E-state index contributed by atoms with van der Waals surface area (Å²) in [6, 6.07) is 12.6. The van der Waals surface area contributed by atoms with Crippen molar-refractivity contribution in [2.75, 3.05) is 13.2 Å². The van der Waals surface area contributed by atoms with E-state index in [1.54, 1.807) is 18.2 Å². The maximum atomic E-state index is 13.8. The van der Waals surface area contributed by atoms with Crippen molar-refractivity contribution >= 4 is 9.84 Å². The second-order valence-electron chi connectivity index (χ2n) is 9.42. The van der Waals surface area contributed by atoms with Crippen LogP contribution in [0.2, 0.25) is 0 Å². The van der Waals surface area contributed by atoms with Gasteiger partial charge in [0.2, 0.25) is 9.84 Å². The SMILES string of the molecule is CC(C)(C)c1ccccc1S(=O)(=O)c1cc(OCC2CO2)ccc1C(C)(C)C. The summed E-state index contributed by atoms with van der Waals surface area (Å²) in [6.45, 7) is 13.3. The molecule has 0 spiro atoms. The molecule has 0 amide bonds. The Hall–Kier alpha value is -1.85. The average Bonchev–Trinajstić information content (AvgIpc) is 3.42. The number of ether oxygens (including phenoxy) is 2. The first-order chi connectivity index (χ1) is 12.9. The van der Waals surface area contributed by atoms with Gasteiger partial charge < -0.3 is 9.47 Å². The molecule has 3 rings (SSSR count). The molecule has 1 fully saturated rings. The molecular weight excluding hydrogens is 372 g/mol. The van der Waals surface area contributed by atoms with E-state index >= 15 is 0 Å². The van der Waals surface area contributed by atoms with Crippen molar-refractivity contribution in [3.63, 3.8) is 0 Å². The van der Waals surface area contributed by atoms with Gasteiger partial charge in [0.25, 0.3) is 0 Å². The summed E-state index contributed by atoms with van der Waals surface area (Å²) in [5.74, 6) is 0.551. The first-order valence-electron chi connectivity index (χ1n) is 9.64. The van der Waals surface area contributed by atoms with Crippen molar-refractivity contribution in [3.8, 4) is 5.75 Å². The third kappa shape index (κ3) is 4.41. The van der Waals surface area contributed by atoms with E-state index in [9.17, 15) is 8.42 Å². The molecule has 0 aromatic heterocycles. The van der Waals surface area contributed by atoms with Crippen LogP contribution in [0.4, 0.5) is 0 Å². The molecular formula is C23H30O4S. The topological polar surface area (TPSA) is 55.9 Å². The number of hydrogen-bond donors (Lipinski definition) is 0. The van der Waals surface area contributed by atoms with Gasteiger partial charge in [-0.3, -0.25) is 0 Å². The van der Waals surface area contributed by atoms with E-state index in [-0.39, 0.29) is 16.9 Å². The highest BCUT2D eigenvalue weighted by molar-refractivity contribution is 7.91. The summed E-state index contributed by atoms with van der Waals surface area (Å²) in [7, 11) is -3.72. The normalized spacial score (nSPS) is 17.4. The molecule has 1 saturated heterocycles. The van der Waals surface area contributed by atoms with Gasteiger partial charge in [0.1, 0.15) is 18.5 Å². The minimum Gasteiger partial charge on any atom is -0.491 e. The van der Waals surface area contributed by atoms with E-state index in [0.717, 1.165) is 11.1 Å². The molecule has 2 aromatic rings. The van der Waals surface area contributed by atoms with Gasteiger partial charge in [0.15, 0.2) is 0 Å². The highest BCUT2D eigenvalue weighted by Crippen LogP contribution is 2.38. The van der Waals surface area contributed by atoms with E-state index in [4.69, 9.17) is 9.47 Å². The molecule has 2 aromatic carbocycles. The summed E-state index contributed by atoms with van der Waals surface area (Å²) in [5.41, 5.74) is 0.985. The van der Waals surface area contributed by atoms with Crippen LogP contribution in [0.25, 0.3) is 0 Å². The lowest BCUT2D eigenvalue weighted by molar-refractivity contribution is 0.262. The zero-order valence-corrected chi connectivity index (χ0v) is 18.4. The quantitative estimate of drug-likeness (QED) is 0.668. The highest BCUT2D eigenvalue weighted by Gasteiger charge is 2.32. The van der Waals surface area contributed by atoms with E-state index in [2.05, 4.69) is 0 Å². The molecule has 0 saturated carbocycles. The van der Waals surface area contributed by atoms with Gasteiger partial charge in [-0.15, -0.1) is 0 Å². The van der Waals surface area contributed by atoms with E-state index in [0.29, 0.717) is 28.8 Å². The highest BCUT2D eigenvalue weighted by atomic mass is 32.2. The van der Waals surface area contributed by atoms with Crippen molar-refractivity contribution in [2.24, 2.45) is 0 Å². The molecule has 5 heteroatoms. The number of hydrogen-bond acceptors (Lipinski definition) is 4. The van der Waals surface area contributed by atoms with Crippen LogP contribution in [0.3, 0.4) is 0 Å². The zero-order chi connectivity index (χ0) is 20.7. The average molecular weight is 403 g/mol. The predicted octanol–water partition coefficient (Wildman–Crippen LogP) is 4.89. The van der Waals surface area contributed by atoms with Crippen LogP contribution in [0.5, 0.6) is 5.75 Å². The summed E-state index contributed by atoms with van der Waals surface area (Å²) in [5, 5.41) is 0. The molecule has 0 radical (unpaired) electrons. The van der Waals surface area contributed by atoms with Crippen LogP contribution in [0.1, 0.15) is 52.7 Å². The monoisotopic (exact) mass is 402 g/mol. The molecule has 1 unspecified atom stereocenters. The van der Waals surface area contributed by atoms with Crippen LogP contribution >= 0.6 is 0 Å².